The zero-order valence-electron chi connectivity index (χ0n) is 17.2. The van der Waals surface area contributed by atoms with Crippen LogP contribution >= 0.6 is 0 Å². The Hall–Kier alpha value is -2.11. The maximum absolute atomic E-state index is 11.7. The lowest BCUT2D eigenvalue weighted by molar-refractivity contribution is -0.147. The molecular weight excluding hydrogens is 358 g/mol. The Kier molecular flexibility index (Phi) is 16.9. The zero-order chi connectivity index (χ0) is 21.0. The van der Waals surface area contributed by atoms with Crippen molar-refractivity contribution in [1.29, 1.82) is 0 Å². The normalized spacial score (nSPS) is 12.5. The summed E-state index contributed by atoms with van der Waals surface area (Å²) in [4.78, 5) is 33.2. The van der Waals surface area contributed by atoms with Gasteiger partial charge in [-0.2, -0.15) is 0 Å². The van der Waals surface area contributed by atoms with Gasteiger partial charge in [-0.25, -0.2) is 4.79 Å². The first-order chi connectivity index (χ1) is 13.5. The summed E-state index contributed by atoms with van der Waals surface area (Å²) < 4.78 is 0. The van der Waals surface area contributed by atoms with Gasteiger partial charge in [0.15, 0.2) is 0 Å². The summed E-state index contributed by atoms with van der Waals surface area (Å²) in [5.74, 6) is -2.97. The lowest BCUT2D eigenvalue weighted by atomic mass is 10.1. The third-order valence-electron chi connectivity index (χ3n) is 4.37. The summed E-state index contributed by atoms with van der Waals surface area (Å²) in [5.41, 5.74) is 0. The van der Waals surface area contributed by atoms with Gasteiger partial charge in [0.05, 0.1) is 6.42 Å². The first-order valence-corrected chi connectivity index (χ1v) is 10.5. The number of carboxylic acids is 2. The molecule has 0 spiro atoms. The molecule has 0 bridgehead atoms. The van der Waals surface area contributed by atoms with Gasteiger partial charge in [-0.05, 0) is 38.5 Å². The Morgan fingerprint density at radius 2 is 1.39 bits per heavy atom. The minimum Gasteiger partial charge on any atom is -0.481 e. The van der Waals surface area contributed by atoms with Crippen LogP contribution in [0.15, 0.2) is 24.3 Å². The Morgan fingerprint density at radius 3 is 1.96 bits per heavy atom. The molecule has 0 saturated carbocycles. The quantitative estimate of drug-likeness (QED) is 0.227. The van der Waals surface area contributed by atoms with Crippen LogP contribution in [-0.2, 0) is 14.4 Å². The van der Waals surface area contributed by atoms with Crippen molar-refractivity contribution in [1.82, 2.24) is 5.32 Å². The van der Waals surface area contributed by atoms with E-state index in [1.54, 1.807) is 0 Å². The van der Waals surface area contributed by atoms with Crippen LogP contribution in [0.1, 0.15) is 90.4 Å². The smallest absolute Gasteiger partial charge is 0.326 e. The Morgan fingerprint density at radius 1 is 0.821 bits per heavy atom. The number of carboxylic acid groups (broad SMARTS) is 2. The van der Waals surface area contributed by atoms with Gasteiger partial charge in [-0.15, -0.1) is 0 Å². The van der Waals surface area contributed by atoms with Gasteiger partial charge in [0.25, 0.3) is 0 Å². The molecule has 0 aromatic heterocycles. The molecule has 0 aliphatic heterocycles. The zero-order valence-corrected chi connectivity index (χ0v) is 17.2. The second-order valence-electron chi connectivity index (χ2n) is 7.04. The van der Waals surface area contributed by atoms with Crippen LogP contribution in [0.25, 0.3) is 0 Å². The van der Waals surface area contributed by atoms with Crippen LogP contribution in [-0.4, -0.2) is 34.1 Å². The van der Waals surface area contributed by atoms with Crippen molar-refractivity contribution in [2.45, 2.75) is 96.4 Å². The van der Waals surface area contributed by atoms with Gasteiger partial charge in [0.1, 0.15) is 6.04 Å². The van der Waals surface area contributed by atoms with Crippen LogP contribution in [0.4, 0.5) is 0 Å². The van der Waals surface area contributed by atoms with E-state index < -0.39 is 30.3 Å². The van der Waals surface area contributed by atoms with E-state index in [0.717, 1.165) is 38.5 Å². The van der Waals surface area contributed by atoms with Gasteiger partial charge in [-0.1, -0.05) is 63.3 Å². The second kappa shape index (κ2) is 18.3. The standard InChI is InChI=1S/C22H37NO5/c1-2-3-4-5-6-7-8-9-10-11-12-13-14-15-16-17-20(24)23-19(22(27)28)18-21(25)26/h6-7,9-10,19H,2-5,8,11-18H2,1H3,(H,23,24)(H,25,26)(H,27,28). The van der Waals surface area contributed by atoms with Crippen molar-refractivity contribution in [2.24, 2.45) is 0 Å². The van der Waals surface area contributed by atoms with E-state index in [9.17, 15) is 14.4 Å². The minimum atomic E-state index is -1.36. The number of hydrogen-bond acceptors (Lipinski definition) is 3. The second-order valence-corrected chi connectivity index (χ2v) is 7.04. The van der Waals surface area contributed by atoms with Crippen LogP contribution in [0.3, 0.4) is 0 Å². The molecule has 1 unspecified atom stereocenters. The molecule has 6 heteroatoms. The fourth-order valence-electron chi connectivity index (χ4n) is 2.74. The highest BCUT2D eigenvalue weighted by Crippen LogP contribution is 2.08. The van der Waals surface area contributed by atoms with E-state index in [0.29, 0.717) is 6.42 Å². The summed E-state index contributed by atoms with van der Waals surface area (Å²) >= 11 is 0. The molecule has 0 rings (SSSR count). The van der Waals surface area contributed by atoms with Gasteiger partial charge in [-0.3, -0.25) is 9.59 Å². The molecule has 3 N–H and O–H groups in total. The number of allylic oxidation sites excluding steroid dienone is 4. The summed E-state index contributed by atoms with van der Waals surface area (Å²) in [5, 5.41) is 19.8. The third-order valence-corrected chi connectivity index (χ3v) is 4.37. The molecule has 1 atom stereocenters. The molecule has 0 aliphatic rings. The predicted octanol–water partition coefficient (Wildman–Crippen LogP) is 4.84. The van der Waals surface area contributed by atoms with Crippen LogP contribution in [0.5, 0.6) is 0 Å². The molecule has 0 aromatic carbocycles. The van der Waals surface area contributed by atoms with Crippen molar-refractivity contribution in [3.63, 3.8) is 0 Å². The summed E-state index contributed by atoms with van der Waals surface area (Å²) in [7, 11) is 0. The van der Waals surface area contributed by atoms with E-state index in [-0.39, 0.29) is 6.42 Å². The van der Waals surface area contributed by atoms with E-state index in [1.807, 2.05) is 0 Å². The molecule has 1 amide bonds. The van der Waals surface area contributed by atoms with E-state index >= 15 is 0 Å². The van der Waals surface area contributed by atoms with Crippen molar-refractivity contribution in [3.05, 3.63) is 24.3 Å². The van der Waals surface area contributed by atoms with Crippen molar-refractivity contribution in [3.8, 4) is 0 Å². The first kappa shape index (κ1) is 25.9. The molecule has 160 valence electrons. The molecule has 0 heterocycles. The highest BCUT2D eigenvalue weighted by molar-refractivity contribution is 5.86. The Balaban J connectivity index is 3.58. The van der Waals surface area contributed by atoms with E-state index in [2.05, 4.69) is 36.5 Å². The fourth-order valence-corrected chi connectivity index (χ4v) is 2.74. The minimum absolute atomic E-state index is 0.230. The van der Waals surface area contributed by atoms with Gasteiger partial charge >= 0.3 is 11.9 Å². The van der Waals surface area contributed by atoms with E-state index in [1.165, 1.54) is 25.7 Å². The monoisotopic (exact) mass is 395 g/mol. The highest BCUT2D eigenvalue weighted by Gasteiger charge is 2.22. The molecule has 0 saturated heterocycles. The Bertz CT molecular complexity index is 499. The summed E-state index contributed by atoms with van der Waals surface area (Å²) in [6, 6.07) is -1.36. The van der Waals surface area contributed by atoms with Crippen LogP contribution in [0.2, 0.25) is 0 Å². The van der Waals surface area contributed by atoms with Crippen LogP contribution in [0, 0.1) is 0 Å². The molecule has 0 radical (unpaired) electrons. The number of carbonyl (C=O) groups excluding carboxylic acids is 1. The number of amides is 1. The van der Waals surface area contributed by atoms with Gasteiger partial charge in [0, 0.05) is 6.42 Å². The number of nitrogens with one attached hydrogen (secondary N) is 1. The lowest BCUT2D eigenvalue weighted by Crippen LogP contribution is -2.42. The first-order valence-electron chi connectivity index (χ1n) is 10.5. The predicted molar refractivity (Wildman–Crippen MR) is 111 cm³/mol. The van der Waals surface area contributed by atoms with Gasteiger partial charge in [0.2, 0.25) is 5.91 Å². The SMILES string of the molecule is CCCCCC=CCC=CCCCCCCCC(=O)NC(CC(=O)O)C(=O)O. The molecular formula is C22H37NO5. The van der Waals surface area contributed by atoms with Crippen molar-refractivity contribution in [2.75, 3.05) is 0 Å². The fraction of sp³-hybridized carbons (Fsp3) is 0.682. The average molecular weight is 396 g/mol. The molecule has 0 fully saturated rings. The van der Waals surface area contributed by atoms with E-state index in [4.69, 9.17) is 10.2 Å². The molecule has 0 aromatic rings. The highest BCUT2D eigenvalue weighted by atomic mass is 16.4. The maximum atomic E-state index is 11.7. The molecule has 28 heavy (non-hydrogen) atoms. The van der Waals surface area contributed by atoms with Gasteiger partial charge < -0.3 is 15.5 Å². The molecule has 6 nitrogen and oxygen atoms in total. The summed E-state index contributed by atoms with van der Waals surface area (Å²) in [6.45, 7) is 2.21. The molecule has 0 aliphatic carbocycles. The number of hydrogen-bond donors (Lipinski definition) is 3. The topological polar surface area (TPSA) is 104 Å². The van der Waals surface area contributed by atoms with Crippen LogP contribution < -0.4 is 5.32 Å². The van der Waals surface area contributed by atoms with Crippen molar-refractivity contribution < 1.29 is 24.6 Å². The largest absolute Gasteiger partial charge is 0.481 e. The Labute approximate surface area is 169 Å². The maximum Gasteiger partial charge on any atom is 0.326 e. The third kappa shape index (κ3) is 17.3. The number of rotatable bonds is 18. The summed E-state index contributed by atoms with van der Waals surface area (Å²) in [6.07, 6.45) is 20.5. The number of unbranched alkanes of at least 4 members (excludes halogenated alkanes) is 8. The number of carbonyl (C=O) groups is 3. The number of aliphatic carboxylic acids is 2. The van der Waals surface area contributed by atoms with Crippen molar-refractivity contribution >= 4 is 17.8 Å². The lowest BCUT2D eigenvalue weighted by Gasteiger charge is -2.12. The average Bonchev–Trinajstić information content (AvgIpc) is 2.64.